The maximum atomic E-state index is 13.4. The number of rotatable bonds is 8. The molecular weight excluding hydrogens is 465 g/mol. The average Bonchev–Trinajstić information content (AvgIpc) is 2.81. The Kier molecular flexibility index (Phi) is 7.66. The lowest BCUT2D eigenvalue weighted by Gasteiger charge is -2.25. The number of alkyl halides is 3. The van der Waals surface area contributed by atoms with E-state index in [-0.39, 0.29) is 23.0 Å². The van der Waals surface area contributed by atoms with Crippen molar-refractivity contribution in [1.82, 2.24) is 5.32 Å². The van der Waals surface area contributed by atoms with Crippen LogP contribution in [0.1, 0.15) is 29.5 Å². The summed E-state index contributed by atoms with van der Waals surface area (Å²) in [6, 6.07) is 19.3. The van der Waals surface area contributed by atoms with E-state index in [4.69, 9.17) is 0 Å². The molecule has 0 aliphatic heterocycles. The van der Waals surface area contributed by atoms with Crippen LogP contribution in [0.5, 0.6) is 0 Å². The van der Waals surface area contributed by atoms with E-state index in [9.17, 15) is 26.4 Å². The van der Waals surface area contributed by atoms with Gasteiger partial charge < -0.3 is 5.32 Å². The maximum absolute atomic E-state index is 13.4. The van der Waals surface area contributed by atoms with Gasteiger partial charge in [-0.15, -0.1) is 0 Å². The Labute approximate surface area is 197 Å². The van der Waals surface area contributed by atoms with Crippen molar-refractivity contribution in [3.05, 3.63) is 95.6 Å². The molecule has 0 aromatic heterocycles. The molecule has 0 aliphatic carbocycles. The summed E-state index contributed by atoms with van der Waals surface area (Å²) in [5, 5.41) is 2.69. The molecule has 3 aromatic rings. The van der Waals surface area contributed by atoms with Crippen molar-refractivity contribution in [3.63, 3.8) is 0 Å². The minimum atomic E-state index is -4.66. The zero-order chi connectivity index (χ0) is 24.9. The minimum Gasteiger partial charge on any atom is -0.354 e. The van der Waals surface area contributed by atoms with Crippen molar-refractivity contribution < 1.29 is 26.4 Å². The quantitative estimate of drug-likeness (QED) is 0.476. The Bertz CT molecular complexity index is 1230. The van der Waals surface area contributed by atoms with Crippen molar-refractivity contribution in [1.29, 1.82) is 0 Å². The zero-order valence-corrected chi connectivity index (χ0v) is 19.5. The van der Waals surface area contributed by atoms with Crippen LogP contribution in [0.25, 0.3) is 0 Å². The monoisotopic (exact) mass is 490 g/mol. The van der Waals surface area contributed by atoms with E-state index in [0.717, 1.165) is 29.3 Å². The zero-order valence-electron chi connectivity index (χ0n) is 18.7. The maximum Gasteiger partial charge on any atom is 0.416 e. The lowest BCUT2D eigenvalue weighted by Crippen LogP contribution is -2.41. The summed E-state index contributed by atoms with van der Waals surface area (Å²) in [7, 11) is -4.31. The van der Waals surface area contributed by atoms with E-state index in [2.05, 4.69) is 5.32 Å². The molecule has 0 saturated carbocycles. The molecule has 0 fully saturated rings. The van der Waals surface area contributed by atoms with Crippen LogP contribution in [0.3, 0.4) is 0 Å². The van der Waals surface area contributed by atoms with E-state index < -0.39 is 34.2 Å². The predicted molar refractivity (Wildman–Crippen MR) is 125 cm³/mol. The first-order chi connectivity index (χ1) is 16.0. The smallest absolute Gasteiger partial charge is 0.354 e. The number of amides is 1. The van der Waals surface area contributed by atoms with Gasteiger partial charge in [-0.05, 0) is 48.7 Å². The van der Waals surface area contributed by atoms with Gasteiger partial charge in [-0.1, -0.05) is 61.0 Å². The van der Waals surface area contributed by atoms with Gasteiger partial charge in [0.1, 0.15) is 6.54 Å². The van der Waals surface area contributed by atoms with Gasteiger partial charge in [0, 0.05) is 6.54 Å². The second-order valence-electron chi connectivity index (χ2n) is 7.99. The first kappa shape index (κ1) is 25.3. The molecule has 1 N–H and O–H groups in total. The van der Waals surface area contributed by atoms with E-state index in [0.29, 0.717) is 4.31 Å². The number of hydrogen-bond acceptors (Lipinski definition) is 3. The molecule has 0 aliphatic rings. The van der Waals surface area contributed by atoms with Crippen LogP contribution < -0.4 is 9.62 Å². The van der Waals surface area contributed by atoms with Gasteiger partial charge in [-0.3, -0.25) is 9.10 Å². The van der Waals surface area contributed by atoms with Gasteiger partial charge in [-0.2, -0.15) is 13.2 Å². The fourth-order valence-corrected chi connectivity index (χ4v) is 4.76. The molecule has 1 atom stereocenters. The molecule has 3 rings (SSSR count). The number of carbonyl (C=O) groups excluding carboxylic acids is 1. The number of sulfonamides is 1. The highest BCUT2D eigenvalue weighted by atomic mass is 32.2. The Morgan fingerprint density at radius 3 is 2.24 bits per heavy atom. The largest absolute Gasteiger partial charge is 0.416 e. The summed E-state index contributed by atoms with van der Waals surface area (Å²) in [6.45, 7) is 3.26. The number of hydrogen-bond donors (Lipinski definition) is 1. The topological polar surface area (TPSA) is 66.5 Å². The fraction of sp³-hybridized carbons (Fsp3) is 0.240. The summed E-state index contributed by atoms with van der Waals surface area (Å²) in [4.78, 5) is 12.6. The highest BCUT2D eigenvalue weighted by Crippen LogP contribution is 2.33. The van der Waals surface area contributed by atoms with Gasteiger partial charge in [-0.25, -0.2) is 8.42 Å². The van der Waals surface area contributed by atoms with E-state index in [1.54, 1.807) is 19.1 Å². The molecule has 0 radical (unpaired) electrons. The number of benzene rings is 3. The molecule has 5 nitrogen and oxygen atoms in total. The Morgan fingerprint density at radius 1 is 0.971 bits per heavy atom. The Balaban J connectivity index is 1.89. The van der Waals surface area contributed by atoms with Gasteiger partial charge in [0.2, 0.25) is 5.91 Å². The van der Waals surface area contributed by atoms with Crippen LogP contribution in [0.15, 0.2) is 83.8 Å². The van der Waals surface area contributed by atoms with Crippen LogP contribution >= 0.6 is 0 Å². The molecule has 3 aromatic carbocycles. The standard InChI is InChI=1S/C25H25F3N2O3S/c1-18-11-13-23(14-12-18)34(32,33)30(22-10-6-9-21(15-22)25(26,27)28)17-24(31)29-16-19(2)20-7-4-3-5-8-20/h3-15,19H,16-17H2,1-2H3,(H,29,31). The third-order valence-corrected chi connectivity index (χ3v) is 7.12. The third kappa shape index (κ3) is 6.17. The van der Waals surface area contributed by atoms with Gasteiger partial charge in [0.25, 0.3) is 10.0 Å². The molecule has 0 bridgehead atoms. The normalized spacial score (nSPS) is 12.7. The number of nitrogens with zero attached hydrogens (tertiary/aromatic N) is 1. The van der Waals surface area contributed by atoms with Crippen LogP contribution in [-0.4, -0.2) is 27.4 Å². The van der Waals surface area contributed by atoms with Gasteiger partial charge in [0.05, 0.1) is 16.1 Å². The van der Waals surface area contributed by atoms with Crippen molar-refractivity contribution in [2.45, 2.75) is 30.8 Å². The lowest BCUT2D eigenvalue weighted by atomic mass is 10.0. The molecule has 0 saturated heterocycles. The second kappa shape index (κ2) is 10.3. The SMILES string of the molecule is Cc1ccc(S(=O)(=O)N(CC(=O)NCC(C)c2ccccc2)c2cccc(C(F)(F)F)c2)cc1. The average molecular weight is 491 g/mol. The van der Waals surface area contributed by atoms with Crippen molar-refractivity contribution >= 4 is 21.6 Å². The van der Waals surface area contributed by atoms with Gasteiger partial charge >= 0.3 is 6.18 Å². The van der Waals surface area contributed by atoms with Crippen molar-refractivity contribution in [3.8, 4) is 0 Å². The molecule has 9 heteroatoms. The van der Waals surface area contributed by atoms with Crippen molar-refractivity contribution in [2.75, 3.05) is 17.4 Å². The fourth-order valence-electron chi connectivity index (χ4n) is 3.34. The predicted octanol–water partition coefficient (Wildman–Crippen LogP) is 5.13. The van der Waals surface area contributed by atoms with Gasteiger partial charge in [0.15, 0.2) is 0 Å². The molecular formula is C25H25F3N2O3S. The number of carbonyl (C=O) groups is 1. The van der Waals surface area contributed by atoms with E-state index in [1.165, 1.54) is 18.2 Å². The highest BCUT2D eigenvalue weighted by Gasteiger charge is 2.33. The Morgan fingerprint density at radius 2 is 1.62 bits per heavy atom. The number of anilines is 1. The molecule has 0 spiro atoms. The molecule has 1 unspecified atom stereocenters. The van der Waals surface area contributed by atoms with Crippen LogP contribution in [0.4, 0.5) is 18.9 Å². The summed E-state index contributed by atoms with van der Waals surface area (Å²) in [5.41, 5.74) is 0.552. The number of nitrogens with one attached hydrogen (secondary N) is 1. The number of aryl methyl sites for hydroxylation is 1. The summed E-state index contributed by atoms with van der Waals surface area (Å²) in [5.74, 6) is -0.670. The van der Waals surface area contributed by atoms with Crippen molar-refractivity contribution in [2.24, 2.45) is 0 Å². The summed E-state index contributed by atoms with van der Waals surface area (Å²) in [6.07, 6.45) is -4.66. The Hall–Kier alpha value is -3.33. The van der Waals surface area contributed by atoms with Crippen LogP contribution in [0.2, 0.25) is 0 Å². The summed E-state index contributed by atoms with van der Waals surface area (Å²) < 4.78 is 67.3. The first-order valence-electron chi connectivity index (χ1n) is 10.6. The molecule has 34 heavy (non-hydrogen) atoms. The van der Waals surface area contributed by atoms with E-state index >= 15 is 0 Å². The highest BCUT2D eigenvalue weighted by molar-refractivity contribution is 7.92. The second-order valence-corrected chi connectivity index (χ2v) is 9.85. The number of halogens is 3. The van der Waals surface area contributed by atoms with E-state index in [1.807, 2.05) is 37.3 Å². The first-order valence-corrected chi connectivity index (χ1v) is 12.0. The minimum absolute atomic E-state index is 0.0409. The molecule has 180 valence electrons. The molecule has 0 heterocycles. The summed E-state index contributed by atoms with van der Waals surface area (Å²) >= 11 is 0. The third-order valence-electron chi connectivity index (χ3n) is 5.33. The molecule has 1 amide bonds. The van der Waals surface area contributed by atoms with Crippen LogP contribution in [-0.2, 0) is 21.0 Å². The van der Waals surface area contributed by atoms with Crippen LogP contribution in [0, 0.1) is 6.92 Å². The lowest BCUT2D eigenvalue weighted by molar-refractivity contribution is -0.137.